The summed E-state index contributed by atoms with van der Waals surface area (Å²) in [5.41, 5.74) is 5.11. The van der Waals surface area contributed by atoms with E-state index in [1.807, 2.05) is 49.4 Å². The van der Waals surface area contributed by atoms with E-state index in [9.17, 15) is 9.59 Å². The molecule has 3 aromatic rings. The molecule has 1 atom stereocenters. The van der Waals surface area contributed by atoms with Crippen molar-refractivity contribution in [3.63, 3.8) is 0 Å². The monoisotopic (exact) mass is 359 g/mol. The number of carbonyl (C=O) groups excluding carboxylic acids is 1. The van der Waals surface area contributed by atoms with Crippen molar-refractivity contribution in [2.24, 2.45) is 0 Å². The van der Waals surface area contributed by atoms with Gasteiger partial charge in [-0.2, -0.15) is 0 Å². The number of carboxylic acids is 1. The van der Waals surface area contributed by atoms with Crippen LogP contribution >= 0.6 is 0 Å². The Balaban J connectivity index is 1.90. The van der Waals surface area contributed by atoms with Gasteiger partial charge in [-0.3, -0.25) is 9.78 Å². The Kier molecular flexibility index (Phi) is 5.77. The zero-order chi connectivity index (χ0) is 19.2. The molecule has 0 bridgehead atoms. The maximum Gasteiger partial charge on any atom is 0.335 e. The van der Waals surface area contributed by atoms with E-state index in [4.69, 9.17) is 5.11 Å². The van der Waals surface area contributed by atoms with Gasteiger partial charge in [-0.05, 0) is 60.7 Å². The number of hydrogen-bond acceptors (Lipinski definition) is 3. The van der Waals surface area contributed by atoms with Gasteiger partial charge in [0, 0.05) is 23.4 Å². The molecule has 0 spiro atoms. The van der Waals surface area contributed by atoms with Gasteiger partial charge in [0.15, 0.2) is 0 Å². The first-order chi connectivity index (χ1) is 13.1. The molecule has 1 unspecified atom stereocenters. The van der Waals surface area contributed by atoms with Gasteiger partial charge < -0.3 is 5.11 Å². The van der Waals surface area contributed by atoms with E-state index >= 15 is 0 Å². The summed E-state index contributed by atoms with van der Waals surface area (Å²) in [6.45, 7) is 1.96. The van der Waals surface area contributed by atoms with Crippen molar-refractivity contribution in [2.75, 3.05) is 0 Å². The predicted molar refractivity (Wildman–Crippen MR) is 104 cm³/mol. The van der Waals surface area contributed by atoms with Crippen LogP contribution in [0, 0.1) is 6.92 Å². The lowest BCUT2D eigenvalue weighted by Gasteiger charge is -2.20. The lowest BCUT2D eigenvalue weighted by molar-refractivity contribution is 0.0696. The van der Waals surface area contributed by atoms with E-state index in [0.29, 0.717) is 5.56 Å². The van der Waals surface area contributed by atoms with Crippen LogP contribution in [0.4, 0.5) is 0 Å². The van der Waals surface area contributed by atoms with Crippen molar-refractivity contribution in [1.82, 2.24) is 4.98 Å². The Morgan fingerprint density at radius 3 is 2.52 bits per heavy atom. The summed E-state index contributed by atoms with van der Waals surface area (Å²) < 4.78 is 0. The molecule has 1 aromatic heterocycles. The van der Waals surface area contributed by atoms with Crippen LogP contribution in [0.1, 0.15) is 55.4 Å². The van der Waals surface area contributed by atoms with Crippen LogP contribution in [-0.2, 0) is 6.42 Å². The van der Waals surface area contributed by atoms with Crippen molar-refractivity contribution < 1.29 is 14.7 Å². The van der Waals surface area contributed by atoms with E-state index in [2.05, 4.69) is 11.1 Å². The number of aromatic nitrogens is 1. The number of hydrogen-bond donors (Lipinski definition) is 1. The highest BCUT2D eigenvalue weighted by Crippen LogP contribution is 2.31. The van der Waals surface area contributed by atoms with Gasteiger partial charge in [0.05, 0.1) is 5.56 Å². The average molecular weight is 359 g/mol. The minimum Gasteiger partial charge on any atom is -0.478 e. The Bertz CT molecular complexity index is 948. The fraction of sp³-hybridized carbons (Fsp3) is 0.174. The first kappa shape index (κ1) is 18.5. The first-order valence-electron chi connectivity index (χ1n) is 8.87. The Morgan fingerprint density at radius 1 is 1.11 bits per heavy atom. The Labute approximate surface area is 158 Å². The molecule has 0 aliphatic heterocycles. The Morgan fingerprint density at radius 2 is 1.85 bits per heavy atom. The molecule has 136 valence electrons. The lowest BCUT2D eigenvalue weighted by Crippen LogP contribution is -2.07. The molecule has 0 saturated heterocycles. The molecule has 4 heteroatoms. The molecule has 0 aliphatic rings. The molecule has 0 amide bonds. The largest absolute Gasteiger partial charge is 0.478 e. The standard InChI is InChI=1S/C23H21NO3/c1-16-14-19(12-13-24-16)22(21-5-3-2-4-20(21)15-25)11-8-17-6-9-18(10-7-17)23(26)27/h2-7,9-10,12-15,22H,8,11H2,1H3,(H,26,27). The second-order valence-electron chi connectivity index (χ2n) is 6.57. The van der Waals surface area contributed by atoms with Gasteiger partial charge in [0.25, 0.3) is 0 Å². The SMILES string of the molecule is Cc1cc(C(CCc2ccc(C(=O)O)cc2)c2ccccc2C=O)ccn1. The maximum atomic E-state index is 11.5. The highest BCUT2D eigenvalue weighted by Gasteiger charge is 2.18. The van der Waals surface area contributed by atoms with Crippen molar-refractivity contribution >= 4 is 12.3 Å². The van der Waals surface area contributed by atoms with E-state index in [-0.39, 0.29) is 11.5 Å². The number of carboxylic acid groups (broad SMARTS) is 1. The van der Waals surface area contributed by atoms with Crippen molar-refractivity contribution in [3.05, 3.63) is 100 Å². The second kappa shape index (κ2) is 8.41. The quantitative estimate of drug-likeness (QED) is 0.623. The summed E-state index contributed by atoms with van der Waals surface area (Å²) in [5.74, 6) is -0.862. The summed E-state index contributed by atoms with van der Waals surface area (Å²) in [6.07, 6.45) is 4.28. The lowest BCUT2D eigenvalue weighted by atomic mass is 9.84. The summed E-state index contributed by atoms with van der Waals surface area (Å²) in [7, 11) is 0. The van der Waals surface area contributed by atoms with E-state index in [0.717, 1.165) is 41.5 Å². The third-order valence-corrected chi connectivity index (χ3v) is 4.74. The van der Waals surface area contributed by atoms with Crippen LogP contribution in [0.5, 0.6) is 0 Å². The van der Waals surface area contributed by atoms with Crippen LogP contribution in [0.3, 0.4) is 0 Å². The van der Waals surface area contributed by atoms with Crippen LogP contribution in [0.2, 0.25) is 0 Å². The third kappa shape index (κ3) is 4.47. The highest BCUT2D eigenvalue weighted by molar-refractivity contribution is 5.87. The molecule has 0 aliphatic carbocycles. The molecule has 4 nitrogen and oxygen atoms in total. The second-order valence-corrected chi connectivity index (χ2v) is 6.57. The molecular weight excluding hydrogens is 338 g/mol. The molecule has 2 aromatic carbocycles. The number of rotatable bonds is 7. The molecule has 1 N–H and O–H groups in total. The van der Waals surface area contributed by atoms with Gasteiger partial charge >= 0.3 is 5.97 Å². The number of aryl methyl sites for hydroxylation is 2. The Hall–Kier alpha value is -3.27. The van der Waals surface area contributed by atoms with Crippen LogP contribution < -0.4 is 0 Å². The first-order valence-corrected chi connectivity index (χ1v) is 8.87. The number of aldehydes is 1. The zero-order valence-corrected chi connectivity index (χ0v) is 15.1. The van der Waals surface area contributed by atoms with Gasteiger partial charge in [-0.1, -0.05) is 36.4 Å². The van der Waals surface area contributed by atoms with Crippen molar-refractivity contribution in [1.29, 1.82) is 0 Å². The van der Waals surface area contributed by atoms with E-state index < -0.39 is 5.97 Å². The maximum absolute atomic E-state index is 11.5. The number of pyridine rings is 1. The van der Waals surface area contributed by atoms with Gasteiger partial charge in [0.1, 0.15) is 6.29 Å². The minimum atomic E-state index is -0.924. The normalized spacial score (nSPS) is 11.7. The summed E-state index contributed by atoms with van der Waals surface area (Å²) in [5, 5.41) is 9.04. The molecule has 0 saturated carbocycles. The topological polar surface area (TPSA) is 67.3 Å². The van der Waals surface area contributed by atoms with Crippen LogP contribution in [-0.4, -0.2) is 22.3 Å². The molecule has 27 heavy (non-hydrogen) atoms. The zero-order valence-electron chi connectivity index (χ0n) is 15.1. The van der Waals surface area contributed by atoms with Crippen LogP contribution in [0.15, 0.2) is 66.9 Å². The fourth-order valence-electron chi connectivity index (χ4n) is 3.35. The number of carbonyl (C=O) groups is 2. The fourth-order valence-corrected chi connectivity index (χ4v) is 3.35. The van der Waals surface area contributed by atoms with Crippen LogP contribution in [0.25, 0.3) is 0 Å². The van der Waals surface area contributed by atoms with Gasteiger partial charge in [-0.15, -0.1) is 0 Å². The van der Waals surface area contributed by atoms with Gasteiger partial charge in [-0.25, -0.2) is 4.79 Å². The molecule has 3 rings (SSSR count). The summed E-state index contributed by atoms with van der Waals surface area (Å²) in [6, 6.07) is 18.7. The van der Waals surface area contributed by atoms with E-state index in [1.54, 1.807) is 18.3 Å². The molecule has 0 fully saturated rings. The third-order valence-electron chi connectivity index (χ3n) is 4.74. The van der Waals surface area contributed by atoms with Crippen molar-refractivity contribution in [3.8, 4) is 0 Å². The smallest absolute Gasteiger partial charge is 0.335 e. The summed E-state index contributed by atoms with van der Waals surface area (Å²) in [4.78, 5) is 26.8. The average Bonchev–Trinajstić information content (AvgIpc) is 2.69. The minimum absolute atomic E-state index is 0.0623. The molecule has 0 radical (unpaired) electrons. The molecular formula is C23H21NO3. The number of nitrogens with zero attached hydrogens (tertiary/aromatic N) is 1. The van der Waals surface area contributed by atoms with E-state index in [1.165, 1.54) is 0 Å². The van der Waals surface area contributed by atoms with Gasteiger partial charge in [0.2, 0.25) is 0 Å². The van der Waals surface area contributed by atoms with Crippen molar-refractivity contribution in [2.45, 2.75) is 25.7 Å². The predicted octanol–water partition coefficient (Wildman–Crippen LogP) is 4.67. The number of benzene rings is 2. The summed E-state index contributed by atoms with van der Waals surface area (Å²) >= 11 is 0. The molecule has 1 heterocycles. The number of aromatic carboxylic acids is 1. The highest BCUT2D eigenvalue weighted by atomic mass is 16.4.